The summed E-state index contributed by atoms with van der Waals surface area (Å²) in [7, 11) is 0. The average Bonchev–Trinajstić information content (AvgIpc) is 2.13. The van der Waals surface area contributed by atoms with Crippen molar-refractivity contribution in [1.29, 1.82) is 0 Å². The summed E-state index contributed by atoms with van der Waals surface area (Å²) in [5, 5.41) is 2.70. The van der Waals surface area contributed by atoms with E-state index in [2.05, 4.69) is 10.3 Å². The zero-order chi connectivity index (χ0) is 9.84. The van der Waals surface area contributed by atoms with Crippen LogP contribution in [0.25, 0.3) is 0 Å². The molecule has 0 aliphatic carbocycles. The third-order valence-electron chi connectivity index (χ3n) is 1.92. The quantitative estimate of drug-likeness (QED) is 0.698. The van der Waals surface area contributed by atoms with Crippen molar-refractivity contribution in [2.45, 2.75) is 13.8 Å². The Morgan fingerprint density at radius 1 is 1.62 bits per heavy atom. The molecule has 0 atom stereocenters. The lowest BCUT2D eigenvalue weighted by atomic mass is 10.2. The Balaban J connectivity index is 2.89. The molecule has 13 heavy (non-hydrogen) atoms. The molecule has 0 spiro atoms. The first-order chi connectivity index (χ1) is 6.15. The van der Waals surface area contributed by atoms with Crippen LogP contribution in [0.2, 0.25) is 0 Å². The first kappa shape index (κ1) is 9.67. The molecule has 4 heteroatoms. The van der Waals surface area contributed by atoms with E-state index in [9.17, 15) is 4.79 Å². The van der Waals surface area contributed by atoms with E-state index in [4.69, 9.17) is 5.73 Å². The lowest BCUT2D eigenvalue weighted by Crippen LogP contribution is -2.22. The summed E-state index contributed by atoms with van der Waals surface area (Å²) < 4.78 is 0. The fourth-order valence-corrected chi connectivity index (χ4v) is 0.977. The second-order valence-electron chi connectivity index (χ2n) is 2.82. The van der Waals surface area contributed by atoms with Crippen molar-refractivity contribution in [2.24, 2.45) is 5.73 Å². The van der Waals surface area contributed by atoms with E-state index in [0.717, 1.165) is 16.9 Å². The van der Waals surface area contributed by atoms with Gasteiger partial charge in [-0.1, -0.05) is 0 Å². The zero-order valence-corrected chi connectivity index (χ0v) is 7.79. The van der Waals surface area contributed by atoms with Crippen LogP contribution in [-0.2, 0) is 4.79 Å². The van der Waals surface area contributed by atoms with Crippen molar-refractivity contribution in [2.75, 3.05) is 11.9 Å². The van der Waals surface area contributed by atoms with E-state index in [1.165, 1.54) is 0 Å². The third kappa shape index (κ3) is 2.26. The predicted octanol–water partition coefficient (Wildman–Crippen LogP) is 0.596. The molecule has 0 aliphatic heterocycles. The van der Waals surface area contributed by atoms with E-state index in [1.807, 2.05) is 13.8 Å². The monoisotopic (exact) mass is 179 g/mol. The molecule has 1 amide bonds. The summed E-state index contributed by atoms with van der Waals surface area (Å²) in [5.74, 6) is -0.186. The molecule has 1 rings (SSSR count). The maximum Gasteiger partial charge on any atom is 0.238 e. The Morgan fingerprint density at radius 3 is 2.92 bits per heavy atom. The first-order valence-electron chi connectivity index (χ1n) is 4.07. The van der Waals surface area contributed by atoms with Gasteiger partial charge in [0.1, 0.15) is 0 Å². The van der Waals surface area contributed by atoms with Crippen LogP contribution in [0.1, 0.15) is 11.3 Å². The van der Waals surface area contributed by atoms with E-state index < -0.39 is 0 Å². The summed E-state index contributed by atoms with van der Waals surface area (Å²) in [4.78, 5) is 15.1. The molecule has 0 unspecified atom stereocenters. The SMILES string of the molecule is Cc1nccc(NC(=O)CN)c1C. The van der Waals surface area contributed by atoms with Gasteiger partial charge in [0, 0.05) is 17.6 Å². The molecular formula is C9H13N3O. The van der Waals surface area contributed by atoms with Crippen molar-refractivity contribution in [3.05, 3.63) is 23.5 Å². The summed E-state index contributed by atoms with van der Waals surface area (Å²) in [5.41, 5.74) is 7.85. The number of pyridine rings is 1. The fourth-order valence-electron chi connectivity index (χ4n) is 0.977. The molecule has 4 nitrogen and oxygen atoms in total. The van der Waals surface area contributed by atoms with Gasteiger partial charge in [-0.05, 0) is 25.5 Å². The number of hydrogen-bond acceptors (Lipinski definition) is 3. The van der Waals surface area contributed by atoms with Crippen molar-refractivity contribution in [3.8, 4) is 0 Å². The number of amides is 1. The number of nitrogens with two attached hydrogens (primary N) is 1. The van der Waals surface area contributed by atoms with E-state index in [1.54, 1.807) is 12.3 Å². The van der Waals surface area contributed by atoms with Crippen LogP contribution in [0.5, 0.6) is 0 Å². The van der Waals surface area contributed by atoms with Crippen LogP contribution in [0, 0.1) is 13.8 Å². The Morgan fingerprint density at radius 2 is 2.31 bits per heavy atom. The van der Waals surface area contributed by atoms with Gasteiger partial charge in [-0.15, -0.1) is 0 Å². The van der Waals surface area contributed by atoms with Gasteiger partial charge in [-0.25, -0.2) is 0 Å². The molecule has 0 fully saturated rings. The Labute approximate surface area is 77.2 Å². The van der Waals surface area contributed by atoms with Crippen molar-refractivity contribution in [1.82, 2.24) is 4.98 Å². The molecule has 1 aromatic heterocycles. The molecule has 0 bridgehead atoms. The minimum atomic E-state index is -0.186. The van der Waals surface area contributed by atoms with E-state index in [-0.39, 0.29) is 12.5 Å². The van der Waals surface area contributed by atoms with Crippen LogP contribution >= 0.6 is 0 Å². The number of rotatable bonds is 2. The molecule has 0 aliphatic rings. The number of aryl methyl sites for hydroxylation is 1. The topological polar surface area (TPSA) is 68.0 Å². The van der Waals surface area contributed by atoms with Gasteiger partial charge < -0.3 is 11.1 Å². The molecule has 0 aromatic carbocycles. The van der Waals surface area contributed by atoms with Crippen LogP contribution in [-0.4, -0.2) is 17.4 Å². The number of nitrogens with one attached hydrogen (secondary N) is 1. The second kappa shape index (κ2) is 4.00. The summed E-state index contributed by atoms with van der Waals surface area (Å²) >= 11 is 0. The Hall–Kier alpha value is -1.42. The highest BCUT2D eigenvalue weighted by atomic mass is 16.1. The molecule has 0 saturated heterocycles. The van der Waals surface area contributed by atoms with Crippen LogP contribution in [0.4, 0.5) is 5.69 Å². The number of carbonyl (C=O) groups excluding carboxylic acids is 1. The van der Waals surface area contributed by atoms with E-state index in [0.29, 0.717) is 0 Å². The minimum absolute atomic E-state index is 0.000804. The molecule has 1 heterocycles. The van der Waals surface area contributed by atoms with Gasteiger partial charge in [0.25, 0.3) is 0 Å². The van der Waals surface area contributed by atoms with Gasteiger partial charge >= 0.3 is 0 Å². The third-order valence-corrected chi connectivity index (χ3v) is 1.92. The number of hydrogen-bond donors (Lipinski definition) is 2. The maximum atomic E-state index is 11.0. The number of carbonyl (C=O) groups is 1. The Kier molecular flexibility index (Phi) is 2.97. The average molecular weight is 179 g/mol. The summed E-state index contributed by atoms with van der Waals surface area (Å²) in [6, 6.07) is 1.76. The molecular weight excluding hydrogens is 166 g/mol. The maximum absolute atomic E-state index is 11.0. The number of nitrogens with zero attached hydrogens (tertiary/aromatic N) is 1. The summed E-state index contributed by atoms with van der Waals surface area (Å²) in [6.45, 7) is 3.81. The molecule has 0 radical (unpaired) electrons. The highest BCUT2D eigenvalue weighted by molar-refractivity contribution is 5.92. The fraction of sp³-hybridized carbons (Fsp3) is 0.333. The smallest absolute Gasteiger partial charge is 0.238 e. The van der Waals surface area contributed by atoms with Gasteiger partial charge in [0.15, 0.2) is 0 Å². The van der Waals surface area contributed by atoms with Gasteiger partial charge in [0.2, 0.25) is 5.91 Å². The normalized spacial score (nSPS) is 9.77. The van der Waals surface area contributed by atoms with Crippen LogP contribution in [0.3, 0.4) is 0 Å². The first-order valence-corrected chi connectivity index (χ1v) is 4.07. The Bertz CT molecular complexity index is 323. The zero-order valence-electron chi connectivity index (χ0n) is 7.79. The number of anilines is 1. The predicted molar refractivity (Wildman–Crippen MR) is 51.4 cm³/mol. The molecule has 3 N–H and O–H groups in total. The minimum Gasteiger partial charge on any atom is -0.325 e. The van der Waals surface area contributed by atoms with Crippen LogP contribution < -0.4 is 11.1 Å². The van der Waals surface area contributed by atoms with Gasteiger partial charge in [0.05, 0.1) is 6.54 Å². The van der Waals surface area contributed by atoms with Crippen molar-refractivity contribution >= 4 is 11.6 Å². The van der Waals surface area contributed by atoms with E-state index >= 15 is 0 Å². The summed E-state index contributed by atoms with van der Waals surface area (Å²) in [6.07, 6.45) is 1.66. The number of aromatic nitrogens is 1. The lowest BCUT2D eigenvalue weighted by Gasteiger charge is -2.08. The standard InChI is InChI=1S/C9H13N3O/c1-6-7(2)11-4-3-8(6)12-9(13)5-10/h3-4H,5,10H2,1-2H3,(H,11,12,13). The van der Waals surface area contributed by atoms with Crippen molar-refractivity contribution in [3.63, 3.8) is 0 Å². The molecule has 0 saturated carbocycles. The molecule has 1 aromatic rings. The van der Waals surface area contributed by atoms with Crippen LogP contribution in [0.15, 0.2) is 12.3 Å². The van der Waals surface area contributed by atoms with Crippen molar-refractivity contribution < 1.29 is 4.79 Å². The highest BCUT2D eigenvalue weighted by Gasteiger charge is 2.03. The molecule has 70 valence electrons. The lowest BCUT2D eigenvalue weighted by molar-refractivity contribution is -0.114. The van der Waals surface area contributed by atoms with Gasteiger partial charge in [-0.2, -0.15) is 0 Å². The van der Waals surface area contributed by atoms with Gasteiger partial charge in [-0.3, -0.25) is 9.78 Å². The largest absolute Gasteiger partial charge is 0.325 e. The second-order valence-corrected chi connectivity index (χ2v) is 2.82. The highest BCUT2D eigenvalue weighted by Crippen LogP contribution is 2.15.